The van der Waals surface area contributed by atoms with E-state index in [0.717, 1.165) is 10.9 Å². The lowest BCUT2D eigenvalue weighted by molar-refractivity contribution is -0.142. The number of carbonyl (C=O) groups excluding carboxylic acids is 8. The Labute approximate surface area is 416 Å². The minimum atomic E-state index is -1.32. The number of H-pyrrole nitrogens is 2. The average Bonchev–Trinajstić information content (AvgIpc) is 4.16. The number of aromatic amines is 2. The molecule has 1 aliphatic heterocycles. The molecule has 18 N–H and O–H groups in total. The number of hydrogen-bond acceptors (Lipinski definition) is 12. The molecule has 24 heteroatoms. The molecule has 7 unspecified atom stereocenters. The van der Waals surface area contributed by atoms with E-state index in [1.807, 2.05) is 24.3 Å². The number of hydrogen-bond donors (Lipinski definition) is 13. The van der Waals surface area contributed by atoms with Gasteiger partial charge in [0.15, 0.2) is 5.96 Å². The van der Waals surface area contributed by atoms with Crippen LogP contribution in [0.15, 0.2) is 78.3 Å². The number of benzene rings is 2. The molecule has 0 radical (unpaired) electrons. The largest absolute Gasteiger partial charge is 0.370 e. The molecule has 7 atom stereocenters. The monoisotopic (exact) mass is 997 g/mol. The zero-order valence-electron chi connectivity index (χ0n) is 40.4. The highest BCUT2D eigenvalue weighted by Gasteiger charge is 2.38. The molecule has 3 heterocycles. The number of guanidine groups is 1. The van der Waals surface area contributed by atoms with Crippen LogP contribution in [0.3, 0.4) is 0 Å². The van der Waals surface area contributed by atoms with Crippen LogP contribution in [0.25, 0.3) is 10.9 Å². The number of nitrogens with one attached hydrogen (secondary N) is 8. The van der Waals surface area contributed by atoms with E-state index in [9.17, 15) is 38.4 Å². The van der Waals surface area contributed by atoms with E-state index in [1.165, 1.54) is 24.3 Å². The SMILES string of the molecule is CC(NC(=O)C1CCCN1C(=O)C(CCCCN)NC(=O)CNC(=O)C(Cc1c[nH]c2ccccc12)NC(=O)C(CCCN=C(N)N)NC(=O)C(Cc1ccccc1)NC(=O)C(N)Cc1cnc[nH]1)C(N)=O. The maximum Gasteiger partial charge on any atom is 0.245 e. The first kappa shape index (κ1) is 55.1. The van der Waals surface area contributed by atoms with E-state index in [-0.39, 0.29) is 57.6 Å². The zero-order chi connectivity index (χ0) is 52.2. The fourth-order valence-corrected chi connectivity index (χ4v) is 8.28. The van der Waals surface area contributed by atoms with Gasteiger partial charge in [-0.05, 0) is 75.6 Å². The first-order valence-electron chi connectivity index (χ1n) is 24.0. The van der Waals surface area contributed by atoms with Gasteiger partial charge in [-0.25, -0.2) is 4.98 Å². The summed E-state index contributed by atoms with van der Waals surface area (Å²) in [5, 5.41) is 16.9. The highest BCUT2D eigenvalue weighted by molar-refractivity contribution is 5.97. The van der Waals surface area contributed by atoms with Gasteiger partial charge in [-0.3, -0.25) is 43.3 Å². The third-order valence-electron chi connectivity index (χ3n) is 12.2. The predicted molar refractivity (Wildman–Crippen MR) is 267 cm³/mol. The van der Waals surface area contributed by atoms with E-state index >= 15 is 0 Å². The summed E-state index contributed by atoms with van der Waals surface area (Å²) < 4.78 is 0. The van der Waals surface area contributed by atoms with Gasteiger partial charge >= 0.3 is 0 Å². The molecule has 2 aromatic carbocycles. The number of nitrogens with two attached hydrogens (primary N) is 5. The Morgan fingerprint density at radius 1 is 0.764 bits per heavy atom. The third-order valence-corrected chi connectivity index (χ3v) is 12.2. The van der Waals surface area contributed by atoms with Crippen molar-refractivity contribution >= 4 is 64.1 Å². The molecule has 0 spiro atoms. The first-order chi connectivity index (χ1) is 34.5. The number of unbranched alkanes of at least 4 members (excludes halogenated alkanes) is 1. The fourth-order valence-electron chi connectivity index (χ4n) is 8.28. The molecule has 5 rings (SSSR count). The van der Waals surface area contributed by atoms with Crippen molar-refractivity contribution in [1.29, 1.82) is 0 Å². The molecule has 72 heavy (non-hydrogen) atoms. The number of nitrogens with zero attached hydrogens (tertiary/aromatic N) is 3. The smallest absolute Gasteiger partial charge is 0.245 e. The van der Waals surface area contributed by atoms with Gasteiger partial charge in [0.1, 0.15) is 36.3 Å². The van der Waals surface area contributed by atoms with Crippen LogP contribution in [-0.2, 0) is 57.6 Å². The number of fused-ring (bicyclic) bond motifs is 1. The summed E-state index contributed by atoms with van der Waals surface area (Å²) in [4.78, 5) is 124. The van der Waals surface area contributed by atoms with Crippen molar-refractivity contribution < 1.29 is 38.4 Å². The molecule has 388 valence electrons. The number of likely N-dealkylation sites (tertiary alicyclic amines) is 1. The number of amides is 8. The quantitative estimate of drug-likeness (QED) is 0.0159. The van der Waals surface area contributed by atoms with E-state index in [0.29, 0.717) is 49.0 Å². The lowest BCUT2D eigenvalue weighted by atomic mass is 10.0. The molecule has 1 saturated heterocycles. The van der Waals surface area contributed by atoms with Crippen molar-refractivity contribution in [2.24, 2.45) is 33.7 Å². The number of primary amides is 1. The number of para-hydroxylation sites is 1. The minimum absolute atomic E-state index is 0.00714. The molecule has 2 aromatic heterocycles. The Balaban J connectivity index is 1.35. The van der Waals surface area contributed by atoms with Crippen LogP contribution in [0.2, 0.25) is 0 Å². The summed E-state index contributed by atoms with van der Waals surface area (Å²) in [6.45, 7) is 1.49. The molecule has 24 nitrogen and oxygen atoms in total. The number of imidazole rings is 1. The van der Waals surface area contributed by atoms with Crippen molar-refractivity contribution in [3.05, 3.63) is 90.1 Å². The maximum absolute atomic E-state index is 14.5. The normalized spacial score (nSPS) is 15.7. The van der Waals surface area contributed by atoms with Crippen molar-refractivity contribution in [2.45, 2.75) is 113 Å². The van der Waals surface area contributed by atoms with Gasteiger partial charge in [0.25, 0.3) is 0 Å². The molecule has 8 amide bonds. The molecule has 1 aliphatic rings. The van der Waals surface area contributed by atoms with Gasteiger partial charge in [0.05, 0.1) is 18.9 Å². The van der Waals surface area contributed by atoms with Crippen LogP contribution < -0.4 is 60.6 Å². The van der Waals surface area contributed by atoms with Gasteiger partial charge in [-0.2, -0.15) is 0 Å². The predicted octanol–water partition coefficient (Wildman–Crippen LogP) is -2.53. The van der Waals surface area contributed by atoms with Crippen LogP contribution in [0.5, 0.6) is 0 Å². The number of aromatic nitrogens is 3. The topological polar surface area (TPSA) is 399 Å². The Morgan fingerprint density at radius 3 is 2.15 bits per heavy atom. The second kappa shape index (κ2) is 27.5. The van der Waals surface area contributed by atoms with E-state index in [2.05, 4.69) is 51.8 Å². The number of carbonyl (C=O) groups is 8. The average molecular weight is 997 g/mol. The zero-order valence-corrected chi connectivity index (χ0v) is 40.4. The second-order valence-corrected chi connectivity index (χ2v) is 17.7. The van der Waals surface area contributed by atoms with Gasteiger partial charge in [-0.1, -0.05) is 48.5 Å². The van der Waals surface area contributed by atoms with Crippen LogP contribution in [0.4, 0.5) is 0 Å². The number of aliphatic imine (C=N–C) groups is 1. The standard InChI is InChI=1S/C48H68N16O8/c1-28(41(51)66)59-46(71)39-17-10-20-64(39)47(72)36(15-7-8-18-49)60-40(65)26-57-43(68)38(22-30-24-56-34-14-6-5-13-32(30)34)63-44(69)35(16-9-19-55-48(52)53)61-45(70)37(21-29-11-3-2-4-12-29)62-42(67)33(50)23-31-25-54-27-58-31/h2-6,11-14,24-25,27-28,33,35-39,56H,7-10,15-23,26,49-50H2,1H3,(H2,51,66)(H,54,58)(H,57,68)(H,59,71)(H,60,65)(H,61,70)(H,62,67)(H,63,69)(H4,52,53,55). The first-order valence-corrected chi connectivity index (χ1v) is 24.0. The molecule has 4 aromatic rings. The van der Waals surface area contributed by atoms with E-state index in [1.54, 1.807) is 36.5 Å². The molecular weight excluding hydrogens is 929 g/mol. The van der Waals surface area contributed by atoms with Crippen molar-refractivity contribution in [3.63, 3.8) is 0 Å². The molecule has 1 fully saturated rings. The summed E-state index contributed by atoms with van der Waals surface area (Å²) in [5.41, 5.74) is 31.2. The lowest BCUT2D eigenvalue weighted by Gasteiger charge is -2.29. The Morgan fingerprint density at radius 2 is 1.44 bits per heavy atom. The van der Waals surface area contributed by atoms with Crippen molar-refractivity contribution in [3.8, 4) is 0 Å². The highest BCUT2D eigenvalue weighted by Crippen LogP contribution is 2.21. The molecule has 0 saturated carbocycles. The fraction of sp³-hybridized carbons (Fsp3) is 0.458. The lowest BCUT2D eigenvalue weighted by Crippen LogP contribution is -2.59. The van der Waals surface area contributed by atoms with Crippen molar-refractivity contribution in [2.75, 3.05) is 26.2 Å². The van der Waals surface area contributed by atoms with Gasteiger partial charge in [0, 0.05) is 61.3 Å². The van der Waals surface area contributed by atoms with Gasteiger partial charge in [0.2, 0.25) is 47.3 Å². The Hall–Kier alpha value is -7.86. The van der Waals surface area contributed by atoms with Crippen LogP contribution in [0.1, 0.15) is 68.7 Å². The third kappa shape index (κ3) is 16.6. The van der Waals surface area contributed by atoms with Gasteiger partial charge in [-0.15, -0.1) is 0 Å². The highest BCUT2D eigenvalue weighted by atomic mass is 16.2. The Bertz CT molecular complexity index is 2500. The summed E-state index contributed by atoms with van der Waals surface area (Å²) in [6.07, 6.45) is 7.00. The molecular formula is C48H68N16O8. The van der Waals surface area contributed by atoms with Crippen LogP contribution >= 0.6 is 0 Å². The summed E-state index contributed by atoms with van der Waals surface area (Å²) >= 11 is 0. The second-order valence-electron chi connectivity index (χ2n) is 17.7. The Kier molecular flexibility index (Phi) is 21.0. The number of rotatable bonds is 28. The van der Waals surface area contributed by atoms with Gasteiger partial charge < -0.3 is 75.4 Å². The summed E-state index contributed by atoms with van der Waals surface area (Å²) in [5.74, 6) is -5.58. The summed E-state index contributed by atoms with van der Waals surface area (Å²) in [7, 11) is 0. The maximum atomic E-state index is 14.5. The summed E-state index contributed by atoms with van der Waals surface area (Å²) in [6, 6.07) is 8.44. The molecule has 0 aliphatic carbocycles. The van der Waals surface area contributed by atoms with Crippen LogP contribution in [-0.4, -0.2) is 142 Å². The van der Waals surface area contributed by atoms with E-state index in [4.69, 9.17) is 28.7 Å². The van der Waals surface area contributed by atoms with Crippen LogP contribution in [0, 0.1) is 0 Å². The molecule has 0 bridgehead atoms. The van der Waals surface area contributed by atoms with E-state index < -0.39 is 96.1 Å². The van der Waals surface area contributed by atoms with Crippen molar-refractivity contribution in [1.82, 2.24) is 51.8 Å². The minimum Gasteiger partial charge on any atom is -0.370 e.